The number of nitrogens with two attached hydrogens (primary N) is 2. The lowest BCUT2D eigenvalue weighted by atomic mass is 10.2. The number of methoxy groups -OCH3 is 2. The summed E-state index contributed by atoms with van der Waals surface area (Å²) < 4.78 is 15.9. The molecule has 0 saturated carbocycles. The molecule has 0 bridgehead atoms. The average molecular weight is 303 g/mol. The van der Waals surface area contributed by atoms with Crippen LogP contribution in [0.4, 0.5) is 5.69 Å². The van der Waals surface area contributed by atoms with Gasteiger partial charge in [-0.3, -0.25) is 9.78 Å². The first-order valence-corrected chi connectivity index (χ1v) is 6.44. The minimum atomic E-state index is -0.926. The number of rotatable bonds is 6. The standard InChI is InChI=1S/C15H17N3O4/c1-20-13-8-9(3-4-11(13)16)22-10-5-6-18-12(7-10)14(21-2)15(17)19/h3-8,14H,16H2,1-2H3,(H2,17,19). The van der Waals surface area contributed by atoms with Crippen LogP contribution in [0.3, 0.4) is 0 Å². The summed E-state index contributed by atoms with van der Waals surface area (Å²) >= 11 is 0. The van der Waals surface area contributed by atoms with Crippen LogP contribution < -0.4 is 20.9 Å². The lowest BCUT2D eigenvalue weighted by Crippen LogP contribution is -2.23. The summed E-state index contributed by atoms with van der Waals surface area (Å²) in [4.78, 5) is 15.4. The first kappa shape index (κ1) is 15.6. The molecule has 1 unspecified atom stereocenters. The lowest BCUT2D eigenvalue weighted by molar-refractivity contribution is -0.128. The Balaban J connectivity index is 2.25. The average Bonchev–Trinajstić information content (AvgIpc) is 2.50. The van der Waals surface area contributed by atoms with Gasteiger partial charge in [0.2, 0.25) is 0 Å². The van der Waals surface area contributed by atoms with E-state index in [-0.39, 0.29) is 0 Å². The fourth-order valence-corrected chi connectivity index (χ4v) is 1.91. The Hall–Kier alpha value is -2.80. The Morgan fingerprint density at radius 1 is 1.18 bits per heavy atom. The number of hydrogen-bond donors (Lipinski definition) is 2. The third-order valence-corrected chi connectivity index (χ3v) is 2.96. The molecule has 0 fully saturated rings. The first-order valence-electron chi connectivity index (χ1n) is 6.44. The predicted octanol–water partition coefficient (Wildman–Crippen LogP) is 1.64. The molecule has 0 spiro atoms. The van der Waals surface area contributed by atoms with Gasteiger partial charge in [-0.05, 0) is 18.2 Å². The molecule has 0 aliphatic rings. The van der Waals surface area contributed by atoms with Gasteiger partial charge in [0, 0.05) is 25.4 Å². The number of primary amides is 1. The topological polar surface area (TPSA) is 110 Å². The summed E-state index contributed by atoms with van der Waals surface area (Å²) in [5, 5.41) is 0. The van der Waals surface area contributed by atoms with Crippen LogP contribution in [0, 0.1) is 0 Å². The van der Waals surface area contributed by atoms with Gasteiger partial charge in [0.25, 0.3) is 5.91 Å². The molecule has 0 radical (unpaired) electrons. The van der Waals surface area contributed by atoms with Gasteiger partial charge in [0.1, 0.15) is 17.2 Å². The molecule has 1 amide bonds. The van der Waals surface area contributed by atoms with E-state index >= 15 is 0 Å². The molecule has 7 heteroatoms. The summed E-state index contributed by atoms with van der Waals surface area (Å²) in [5.74, 6) is 0.913. The highest BCUT2D eigenvalue weighted by Gasteiger charge is 2.19. The Kier molecular flexibility index (Phi) is 4.80. The Bertz CT molecular complexity index is 676. The number of nitrogen functional groups attached to an aromatic ring is 1. The Morgan fingerprint density at radius 2 is 1.91 bits per heavy atom. The van der Waals surface area contributed by atoms with Gasteiger partial charge in [0.05, 0.1) is 18.5 Å². The zero-order valence-corrected chi connectivity index (χ0v) is 12.3. The fourth-order valence-electron chi connectivity index (χ4n) is 1.91. The van der Waals surface area contributed by atoms with Gasteiger partial charge in [-0.15, -0.1) is 0 Å². The second-order valence-electron chi connectivity index (χ2n) is 4.44. The van der Waals surface area contributed by atoms with Gasteiger partial charge in [0.15, 0.2) is 6.10 Å². The van der Waals surface area contributed by atoms with Crippen LogP contribution in [-0.2, 0) is 9.53 Å². The molecule has 0 aliphatic heterocycles. The number of pyridine rings is 1. The molecule has 22 heavy (non-hydrogen) atoms. The maximum atomic E-state index is 11.3. The van der Waals surface area contributed by atoms with E-state index in [1.165, 1.54) is 20.4 Å². The minimum absolute atomic E-state index is 0.370. The maximum absolute atomic E-state index is 11.3. The van der Waals surface area contributed by atoms with Crippen LogP contribution in [0.15, 0.2) is 36.5 Å². The van der Waals surface area contributed by atoms with Crippen LogP contribution >= 0.6 is 0 Å². The first-order chi connectivity index (χ1) is 10.5. The van der Waals surface area contributed by atoms with Crippen molar-refractivity contribution < 1.29 is 19.0 Å². The molecule has 1 heterocycles. The van der Waals surface area contributed by atoms with Crippen molar-refractivity contribution in [1.82, 2.24) is 4.98 Å². The molecule has 1 aromatic heterocycles. The molecule has 2 aromatic rings. The van der Waals surface area contributed by atoms with Gasteiger partial charge >= 0.3 is 0 Å². The van der Waals surface area contributed by atoms with Crippen molar-refractivity contribution in [3.05, 3.63) is 42.2 Å². The molecule has 0 aliphatic carbocycles. The van der Waals surface area contributed by atoms with Crippen molar-refractivity contribution in [2.45, 2.75) is 6.10 Å². The molecule has 7 nitrogen and oxygen atoms in total. The monoisotopic (exact) mass is 303 g/mol. The van der Waals surface area contributed by atoms with Crippen LogP contribution in [0.1, 0.15) is 11.8 Å². The second-order valence-corrected chi connectivity index (χ2v) is 4.44. The zero-order valence-electron chi connectivity index (χ0n) is 12.3. The van der Waals surface area contributed by atoms with Crippen molar-refractivity contribution in [3.8, 4) is 17.2 Å². The normalized spacial score (nSPS) is 11.7. The largest absolute Gasteiger partial charge is 0.494 e. The number of ether oxygens (including phenoxy) is 3. The van der Waals surface area contributed by atoms with E-state index in [4.69, 9.17) is 25.7 Å². The summed E-state index contributed by atoms with van der Waals surface area (Å²) in [5.41, 5.74) is 11.9. The Morgan fingerprint density at radius 3 is 2.55 bits per heavy atom. The number of anilines is 1. The predicted molar refractivity (Wildman–Crippen MR) is 80.7 cm³/mol. The zero-order chi connectivity index (χ0) is 16.1. The van der Waals surface area contributed by atoms with Crippen molar-refractivity contribution in [1.29, 1.82) is 0 Å². The molecular formula is C15H17N3O4. The van der Waals surface area contributed by atoms with E-state index in [1.807, 2.05) is 0 Å². The van der Waals surface area contributed by atoms with Gasteiger partial charge < -0.3 is 25.7 Å². The van der Waals surface area contributed by atoms with Crippen molar-refractivity contribution in [2.75, 3.05) is 20.0 Å². The lowest BCUT2D eigenvalue weighted by Gasteiger charge is -2.13. The van der Waals surface area contributed by atoms with Crippen molar-refractivity contribution >= 4 is 11.6 Å². The molecule has 2 rings (SSSR count). The molecule has 1 atom stereocenters. The van der Waals surface area contributed by atoms with Crippen molar-refractivity contribution in [3.63, 3.8) is 0 Å². The summed E-state index contributed by atoms with van der Waals surface area (Å²) in [6, 6.07) is 8.29. The van der Waals surface area contributed by atoms with E-state index in [9.17, 15) is 4.79 Å². The highest BCUT2D eigenvalue weighted by atomic mass is 16.5. The molecule has 4 N–H and O–H groups in total. The van der Waals surface area contributed by atoms with Gasteiger partial charge in [-0.25, -0.2) is 0 Å². The number of carbonyl (C=O) groups excluding carboxylic acids is 1. The number of benzene rings is 1. The van der Waals surface area contributed by atoms with E-state index < -0.39 is 12.0 Å². The number of aromatic nitrogens is 1. The quantitative estimate of drug-likeness (QED) is 0.785. The van der Waals surface area contributed by atoms with Crippen LogP contribution in [0.25, 0.3) is 0 Å². The van der Waals surface area contributed by atoms with E-state index in [1.54, 1.807) is 30.3 Å². The van der Waals surface area contributed by atoms with Gasteiger partial charge in [-0.1, -0.05) is 0 Å². The van der Waals surface area contributed by atoms with E-state index in [2.05, 4.69) is 4.98 Å². The van der Waals surface area contributed by atoms with Crippen LogP contribution in [0.5, 0.6) is 17.2 Å². The van der Waals surface area contributed by atoms with E-state index in [0.29, 0.717) is 28.6 Å². The highest BCUT2D eigenvalue weighted by molar-refractivity contribution is 5.80. The fraction of sp³-hybridized carbons (Fsp3) is 0.200. The smallest absolute Gasteiger partial charge is 0.252 e. The number of nitrogens with zero attached hydrogens (tertiary/aromatic N) is 1. The molecule has 1 aromatic carbocycles. The number of amides is 1. The molecule has 0 saturated heterocycles. The minimum Gasteiger partial charge on any atom is -0.494 e. The van der Waals surface area contributed by atoms with E-state index in [0.717, 1.165) is 0 Å². The second kappa shape index (κ2) is 6.77. The molecular weight excluding hydrogens is 286 g/mol. The highest BCUT2D eigenvalue weighted by Crippen LogP contribution is 2.30. The van der Waals surface area contributed by atoms with Crippen LogP contribution in [-0.4, -0.2) is 25.1 Å². The maximum Gasteiger partial charge on any atom is 0.252 e. The summed E-state index contributed by atoms with van der Waals surface area (Å²) in [6.45, 7) is 0. The van der Waals surface area contributed by atoms with Gasteiger partial charge in [-0.2, -0.15) is 0 Å². The summed E-state index contributed by atoms with van der Waals surface area (Å²) in [7, 11) is 2.91. The van der Waals surface area contributed by atoms with Crippen molar-refractivity contribution in [2.24, 2.45) is 5.73 Å². The number of carbonyl (C=O) groups is 1. The molecule has 116 valence electrons. The SMILES string of the molecule is COc1cc(Oc2ccnc(C(OC)C(N)=O)c2)ccc1N. The third kappa shape index (κ3) is 3.44. The third-order valence-electron chi connectivity index (χ3n) is 2.96. The summed E-state index contributed by atoms with van der Waals surface area (Å²) in [6.07, 6.45) is 0.582. The Labute approximate surface area is 127 Å². The van der Waals surface area contributed by atoms with Crippen LogP contribution in [0.2, 0.25) is 0 Å². The number of hydrogen-bond acceptors (Lipinski definition) is 6.